The Bertz CT molecular complexity index is 458. The number of benzene rings is 1. The molecular weight excluding hydrogens is 222 g/mol. The molecule has 18 heavy (non-hydrogen) atoms. The number of hydrogen-bond acceptors (Lipinski definition) is 2. The van der Waals surface area contributed by atoms with Gasteiger partial charge in [-0.25, -0.2) is 0 Å². The van der Waals surface area contributed by atoms with Crippen molar-refractivity contribution in [3.63, 3.8) is 0 Å². The van der Waals surface area contributed by atoms with Crippen LogP contribution in [0.5, 0.6) is 5.75 Å². The lowest BCUT2D eigenvalue weighted by Gasteiger charge is -2.39. The molecule has 1 aliphatic heterocycles. The first-order valence-corrected chi connectivity index (χ1v) is 6.49. The highest BCUT2D eigenvalue weighted by Gasteiger charge is 2.33. The van der Waals surface area contributed by atoms with Gasteiger partial charge in [0.05, 0.1) is 0 Å². The maximum Gasteiger partial charge on any atom is 0.124 e. The van der Waals surface area contributed by atoms with E-state index in [1.54, 1.807) is 0 Å². The lowest BCUT2D eigenvalue weighted by Crippen LogP contribution is -2.41. The van der Waals surface area contributed by atoms with Gasteiger partial charge in [0.1, 0.15) is 11.4 Å². The standard InChI is InChI=1S/C16H21NO/c1-5-8-12(2)17-14-11-16(3,4)18-15-10-7-6-9-13(14)15/h1,6-7,9-10,12,14,17H,8,11H2,2-4H3. The van der Waals surface area contributed by atoms with E-state index in [4.69, 9.17) is 11.2 Å². The zero-order chi connectivity index (χ0) is 13.2. The van der Waals surface area contributed by atoms with Crippen LogP contribution in [-0.2, 0) is 0 Å². The zero-order valence-corrected chi connectivity index (χ0v) is 11.4. The highest BCUT2D eigenvalue weighted by atomic mass is 16.5. The van der Waals surface area contributed by atoms with Gasteiger partial charge in [-0.3, -0.25) is 0 Å². The van der Waals surface area contributed by atoms with Crippen LogP contribution in [-0.4, -0.2) is 11.6 Å². The molecule has 2 rings (SSSR count). The van der Waals surface area contributed by atoms with Gasteiger partial charge < -0.3 is 10.1 Å². The molecule has 0 aliphatic carbocycles. The van der Waals surface area contributed by atoms with E-state index in [0.717, 1.165) is 18.6 Å². The largest absolute Gasteiger partial charge is 0.487 e. The minimum Gasteiger partial charge on any atom is -0.487 e. The number of para-hydroxylation sites is 1. The molecule has 1 aliphatic rings. The molecule has 0 amide bonds. The summed E-state index contributed by atoms with van der Waals surface area (Å²) in [6.45, 7) is 6.39. The molecule has 0 bridgehead atoms. The van der Waals surface area contributed by atoms with Crippen molar-refractivity contribution in [2.75, 3.05) is 0 Å². The van der Waals surface area contributed by atoms with Gasteiger partial charge in [0, 0.05) is 30.5 Å². The summed E-state index contributed by atoms with van der Waals surface area (Å²) in [5.74, 6) is 3.69. The van der Waals surface area contributed by atoms with Gasteiger partial charge in [0.2, 0.25) is 0 Å². The van der Waals surface area contributed by atoms with Gasteiger partial charge >= 0.3 is 0 Å². The Hall–Kier alpha value is -1.46. The summed E-state index contributed by atoms with van der Waals surface area (Å²) in [7, 11) is 0. The third-order valence-corrected chi connectivity index (χ3v) is 3.29. The highest BCUT2D eigenvalue weighted by molar-refractivity contribution is 5.38. The van der Waals surface area contributed by atoms with Crippen molar-refractivity contribution in [3.05, 3.63) is 29.8 Å². The van der Waals surface area contributed by atoms with Crippen LogP contribution in [0.15, 0.2) is 24.3 Å². The lowest BCUT2D eigenvalue weighted by atomic mass is 9.89. The summed E-state index contributed by atoms with van der Waals surface area (Å²) >= 11 is 0. The number of ether oxygens (including phenoxy) is 1. The van der Waals surface area contributed by atoms with E-state index in [1.165, 1.54) is 5.56 Å². The van der Waals surface area contributed by atoms with E-state index in [0.29, 0.717) is 12.1 Å². The summed E-state index contributed by atoms with van der Waals surface area (Å²) < 4.78 is 6.01. The molecule has 0 radical (unpaired) electrons. The first kappa shape index (κ1) is 13.0. The van der Waals surface area contributed by atoms with Gasteiger partial charge in [0.25, 0.3) is 0 Å². The molecule has 2 heteroatoms. The van der Waals surface area contributed by atoms with Crippen LogP contribution in [0, 0.1) is 12.3 Å². The molecule has 2 unspecified atom stereocenters. The lowest BCUT2D eigenvalue weighted by molar-refractivity contribution is 0.0642. The van der Waals surface area contributed by atoms with E-state index < -0.39 is 0 Å². The zero-order valence-electron chi connectivity index (χ0n) is 11.4. The normalized spacial score (nSPS) is 22.4. The monoisotopic (exact) mass is 243 g/mol. The number of hydrogen-bond donors (Lipinski definition) is 1. The predicted octanol–water partition coefficient (Wildman–Crippen LogP) is 3.29. The van der Waals surface area contributed by atoms with Crippen LogP contribution in [0.4, 0.5) is 0 Å². The Morgan fingerprint density at radius 3 is 2.94 bits per heavy atom. The molecule has 0 saturated carbocycles. The van der Waals surface area contributed by atoms with Crippen LogP contribution in [0.3, 0.4) is 0 Å². The fourth-order valence-electron chi connectivity index (χ4n) is 2.53. The van der Waals surface area contributed by atoms with Crippen molar-refractivity contribution in [1.82, 2.24) is 5.32 Å². The topological polar surface area (TPSA) is 21.3 Å². The Labute approximate surface area is 110 Å². The number of fused-ring (bicyclic) bond motifs is 1. The highest BCUT2D eigenvalue weighted by Crippen LogP contribution is 2.39. The third-order valence-electron chi connectivity index (χ3n) is 3.29. The van der Waals surface area contributed by atoms with Gasteiger partial charge in [-0.2, -0.15) is 0 Å². The molecule has 0 aromatic heterocycles. The average molecular weight is 243 g/mol. The van der Waals surface area contributed by atoms with Crippen molar-refractivity contribution in [1.29, 1.82) is 0 Å². The Kier molecular flexibility index (Phi) is 3.63. The molecule has 0 spiro atoms. The summed E-state index contributed by atoms with van der Waals surface area (Å²) in [5, 5.41) is 3.61. The summed E-state index contributed by atoms with van der Waals surface area (Å²) in [5.41, 5.74) is 1.10. The molecule has 1 N–H and O–H groups in total. The van der Waals surface area contributed by atoms with E-state index in [-0.39, 0.29) is 5.60 Å². The molecule has 96 valence electrons. The molecular formula is C16H21NO. The van der Waals surface area contributed by atoms with E-state index in [1.807, 2.05) is 12.1 Å². The number of terminal acetylenes is 1. The second kappa shape index (κ2) is 5.04. The van der Waals surface area contributed by atoms with Gasteiger partial charge in [-0.1, -0.05) is 18.2 Å². The first-order valence-electron chi connectivity index (χ1n) is 6.49. The van der Waals surface area contributed by atoms with Crippen LogP contribution in [0.25, 0.3) is 0 Å². The molecule has 2 atom stereocenters. The molecule has 1 aromatic rings. The maximum atomic E-state index is 6.01. The summed E-state index contributed by atoms with van der Waals surface area (Å²) in [6, 6.07) is 8.88. The van der Waals surface area contributed by atoms with Crippen molar-refractivity contribution < 1.29 is 4.74 Å². The van der Waals surface area contributed by atoms with Crippen LogP contribution in [0.1, 0.15) is 45.2 Å². The molecule has 1 aromatic carbocycles. The van der Waals surface area contributed by atoms with E-state index >= 15 is 0 Å². The van der Waals surface area contributed by atoms with Crippen LogP contribution < -0.4 is 10.1 Å². The Morgan fingerprint density at radius 1 is 1.50 bits per heavy atom. The van der Waals surface area contributed by atoms with Crippen LogP contribution in [0.2, 0.25) is 0 Å². The smallest absolute Gasteiger partial charge is 0.124 e. The van der Waals surface area contributed by atoms with E-state index in [9.17, 15) is 0 Å². The quantitative estimate of drug-likeness (QED) is 0.823. The molecule has 1 heterocycles. The number of nitrogens with one attached hydrogen (secondary N) is 1. The van der Waals surface area contributed by atoms with Gasteiger partial charge in [-0.05, 0) is 26.8 Å². The Morgan fingerprint density at radius 2 is 2.22 bits per heavy atom. The van der Waals surface area contributed by atoms with Gasteiger partial charge in [-0.15, -0.1) is 12.3 Å². The van der Waals surface area contributed by atoms with E-state index in [2.05, 4.69) is 44.1 Å². The van der Waals surface area contributed by atoms with Crippen LogP contribution >= 0.6 is 0 Å². The van der Waals surface area contributed by atoms with Crippen molar-refractivity contribution >= 4 is 0 Å². The summed E-state index contributed by atoms with van der Waals surface area (Å²) in [6.07, 6.45) is 7.07. The first-order chi connectivity index (χ1) is 8.52. The van der Waals surface area contributed by atoms with Gasteiger partial charge in [0.15, 0.2) is 0 Å². The Balaban J connectivity index is 2.22. The van der Waals surface area contributed by atoms with Crippen molar-refractivity contribution in [2.24, 2.45) is 0 Å². The second-order valence-corrected chi connectivity index (χ2v) is 5.63. The third kappa shape index (κ3) is 2.86. The maximum absolute atomic E-state index is 6.01. The second-order valence-electron chi connectivity index (χ2n) is 5.63. The summed E-state index contributed by atoms with van der Waals surface area (Å²) in [4.78, 5) is 0. The fraction of sp³-hybridized carbons (Fsp3) is 0.500. The molecule has 0 fully saturated rings. The average Bonchev–Trinajstić information content (AvgIpc) is 2.27. The molecule has 0 saturated heterocycles. The number of rotatable bonds is 3. The minimum absolute atomic E-state index is 0.137. The fourth-order valence-corrected chi connectivity index (χ4v) is 2.53. The van der Waals surface area contributed by atoms with Crippen molar-refractivity contribution in [2.45, 2.75) is 51.3 Å². The van der Waals surface area contributed by atoms with Crippen molar-refractivity contribution in [3.8, 4) is 18.1 Å². The predicted molar refractivity (Wildman–Crippen MR) is 74.6 cm³/mol. The molecule has 2 nitrogen and oxygen atoms in total. The SMILES string of the molecule is C#CCC(C)NC1CC(C)(C)Oc2ccccc21. The minimum atomic E-state index is -0.137.